The van der Waals surface area contributed by atoms with Crippen LogP contribution in [0.15, 0.2) is 29.3 Å². The molecule has 0 spiro atoms. The number of carbonyl (C=O) groups excluding carboxylic acids is 1. The van der Waals surface area contributed by atoms with Crippen molar-refractivity contribution in [2.75, 3.05) is 51.2 Å². The Morgan fingerprint density at radius 3 is 2.41 bits per heavy atom. The van der Waals surface area contributed by atoms with Gasteiger partial charge in [0.15, 0.2) is 5.96 Å². The van der Waals surface area contributed by atoms with Crippen molar-refractivity contribution in [2.24, 2.45) is 4.99 Å². The van der Waals surface area contributed by atoms with Crippen molar-refractivity contribution in [3.05, 3.63) is 29.8 Å². The van der Waals surface area contributed by atoms with E-state index in [4.69, 9.17) is 0 Å². The summed E-state index contributed by atoms with van der Waals surface area (Å²) in [4.78, 5) is 21.0. The van der Waals surface area contributed by atoms with Gasteiger partial charge < -0.3 is 20.9 Å². The molecule has 3 aliphatic rings. The topological polar surface area (TPSA) is 72.0 Å². The number of carbonyl (C=O) groups is 1. The minimum atomic E-state index is 0.0946. The number of amides is 1. The highest BCUT2D eigenvalue weighted by Gasteiger charge is 2.38. The summed E-state index contributed by atoms with van der Waals surface area (Å²) < 4.78 is 0. The summed E-state index contributed by atoms with van der Waals surface area (Å²) in [7, 11) is 1.86. The second kappa shape index (κ2) is 11.0. The number of hydrogen-bond acceptors (Lipinski definition) is 4. The Morgan fingerprint density at radius 2 is 1.72 bits per heavy atom. The smallest absolute Gasteiger partial charge is 0.239 e. The lowest BCUT2D eigenvalue weighted by atomic mass is 9.79. The van der Waals surface area contributed by atoms with Gasteiger partial charge in [0.25, 0.3) is 0 Å². The van der Waals surface area contributed by atoms with Crippen molar-refractivity contribution in [3.63, 3.8) is 0 Å². The lowest BCUT2D eigenvalue weighted by Gasteiger charge is -2.48. The van der Waals surface area contributed by atoms with E-state index in [0.29, 0.717) is 18.6 Å². The van der Waals surface area contributed by atoms with Crippen LogP contribution >= 0.6 is 0 Å². The second-order valence-corrected chi connectivity index (χ2v) is 9.55. The first kappa shape index (κ1) is 22.9. The van der Waals surface area contributed by atoms with Crippen LogP contribution in [0.1, 0.15) is 56.9 Å². The molecule has 4 rings (SSSR count). The molecule has 0 radical (unpaired) electrons. The summed E-state index contributed by atoms with van der Waals surface area (Å²) in [5.41, 5.74) is 2.60. The average Bonchev–Trinajstić information content (AvgIpc) is 2.85. The van der Waals surface area contributed by atoms with Gasteiger partial charge in [-0.15, -0.1) is 0 Å². The molecule has 0 aromatic heterocycles. The first-order valence-corrected chi connectivity index (χ1v) is 12.5. The van der Waals surface area contributed by atoms with Crippen LogP contribution in [0.3, 0.4) is 0 Å². The number of hydrogen-bond donors (Lipinski definition) is 3. The number of rotatable bonds is 6. The van der Waals surface area contributed by atoms with Crippen LogP contribution in [0.25, 0.3) is 0 Å². The molecule has 0 bridgehead atoms. The molecular weight excluding hydrogens is 400 g/mol. The molecule has 2 aliphatic heterocycles. The fourth-order valence-corrected chi connectivity index (χ4v) is 5.52. The van der Waals surface area contributed by atoms with Crippen LogP contribution in [0.5, 0.6) is 0 Å². The molecular formula is C25H40N6O. The highest BCUT2D eigenvalue weighted by Crippen LogP contribution is 2.35. The number of benzene rings is 1. The maximum atomic E-state index is 11.6. The Hall–Kier alpha value is -2.28. The van der Waals surface area contributed by atoms with E-state index in [-0.39, 0.29) is 5.91 Å². The minimum Gasteiger partial charge on any atom is -0.360 e. The number of likely N-dealkylation sites (tertiary alicyclic amines) is 1. The molecule has 32 heavy (non-hydrogen) atoms. The quantitative estimate of drug-likeness (QED) is 0.468. The van der Waals surface area contributed by atoms with Gasteiger partial charge in [0.05, 0.1) is 6.54 Å². The van der Waals surface area contributed by atoms with Crippen molar-refractivity contribution in [1.29, 1.82) is 0 Å². The van der Waals surface area contributed by atoms with E-state index < -0.39 is 0 Å². The van der Waals surface area contributed by atoms with Gasteiger partial charge in [-0.25, -0.2) is 0 Å². The van der Waals surface area contributed by atoms with Gasteiger partial charge >= 0.3 is 0 Å². The average molecular weight is 441 g/mol. The number of guanidine groups is 1. The zero-order valence-electron chi connectivity index (χ0n) is 19.7. The van der Waals surface area contributed by atoms with Gasteiger partial charge in [0, 0.05) is 44.5 Å². The molecule has 1 aromatic rings. The molecule has 3 N–H and O–H groups in total. The van der Waals surface area contributed by atoms with Gasteiger partial charge in [-0.1, -0.05) is 37.8 Å². The molecule has 2 heterocycles. The number of nitrogens with one attached hydrogen (secondary N) is 3. The van der Waals surface area contributed by atoms with Crippen molar-refractivity contribution < 1.29 is 4.79 Å². The highest BCUT2D eigenvalue weighted by atomic mass is 16.2. The predicted molar refractivity (Wildman–Crippen MR) is 131 cm³/mol. The summed E-state index contributed by atoms with van der Waals surface area (Å²) in [6.45, 7) is 6.21. The van der Waals surface area contributed by atoms with Crippen LogP contribution in [-0.2, 0) is 11.3 Å². The largest absolute Gasteiger partial charge is 0.360 e. The predicted octanol–water partition coefficient (Wildman–Crippen LogP) is 2.48. The van der Waals surface area contributed by atoms with Crippen LogP contribution in [0.2, 0.25) is 0 Å². The van der Waals surface area contributed by atoms with Gasteiger partial charge in [-0.05, 0) is 56.5 Å². The SMILES string of the molecule is CN=C(NCc1ccc(N2CCNC(=O)C2)cc1)NCC1(N2CCCCC2)CCCCC1. The van der Waals surface area contributed by atoms with Crippen molar-refractivity contribution in [2.45, 2.75) is 63.5 Å². The molecule has 3 fully saturated rings. The number of anilines is 1. The van der Waals surface area contributed by atoms with E-state index in [1.54, 1.807) is 0 Å². The molecule has 1 saturated carbocycles. The van der Waals surface area contributed by atoms with Gasteiger partial charge in [0.2, 0.25) is 5.91 Å². The van der Waals surface area contributed by atoms with E-state index in [1.807, 2.05) is 7.05 Å². The third kappa shape index (κ3) is 5.74. The number of piperidine rings is 1. The van der Waals surface area contributed by atoms with Gasteiger partial charge in [-0.2, -0.15) is 0 Å². The third-order valence-corrected chi connectivity index (χ3v) is 7.42. The number of aliphatic imine (C=N–C) groups is 1. The Labute approximate surface area is 193 Å². The van der Waals surface area contributed by atoms with Gasteiger partial charge in [-0.3, -0.25) is 14.7 Å². The molecule has 0 atom stereocenters. The zero-order valence-corrected chi connectivity index (χ0v) is 19.7. The molecule has 2 saturated heterocycles. The maximum absolute atomic E-state index is 11.6. The lowest BCUT2D eigenvalue weighted by Crippen LogP contribution is -2.59. The van der Waals surface area contributed by atoms with E-state index >= 15 is 0 Å². The number of nitrogens with zero attached hydrogens (tertiary/aromatic N) is 3. The molecule has 7 heteroatoms. The van der Waals surface area contributed by atoms with Crippen molar-refractivity contribution in [1.82, 2.24) is 20.9 Å². The lowest BCUT2D eigenvalue weighted by molar-refractivity contribution is -0.120. The van der Waals surface area contributed by atoms with E-state index in [1.165, 1.54) is 70.0 Å². The molecule has 1 amide bonds. The van der Waals surface area contributed by atoms with Crippen molar-refractivity contribution >= 4 is 17.6 Å². The minimum absolute atomic E-state index is 0.0946. The Balaban J connectivity index is 1.30. The summed E-state index contributed by atoms with van der Waals surface area (Å²) in [5, 5.41) is 10.0. The van der Waals surface area contributed by atoms with E-state index in [0.717, 1.165) is 31.3 Å². The first-order chi connectivity index (χ1) is 15.7. The second-order valence-electron chi connectivity index (χ2n) is 9.55. The molecule has 176 valence electrons. The highest BCUT2D eigenvalue weighted by molar-refractivity contribution is 5.82. The Kier molecular flexibility index (Phi) is 7.90. The standard InChI is InChI=1S/C25H40N6O/c1-26-24(29-20-25(12-4-2-5-13-25)31-15-6-3-7-16-31)28-18-21-8-10-22(11-9-21)30-17-14-27-23(32)19-30/h8-11H,2-7,12-20H2,1H3,(H,27,32)(H2,26,28,29). The van der Waals surface area contributed by atoms with E-state index in [9.17, 15) is 4.79 Å². The fraction of sp³-hybridized carbons (Fsp3) is 0.680. The fourth-order valence-electron chi connectivity index (χ4n) is 5.52. The summed E-state index contributed by atoms with van der Waals surface area (Å²) >= 11 is 0. The monoisotopic (exact) mass is 440 g/mol. The molecule has 1 aromatic carbocycles. The molecule has 7 nitrogen and oxygen atoms in total. The van der Waals surface area contributed by atoms with Crippen LogP contribution in [-0.4, -0.2) is 68.6 Å². The summed E-state index contributed by atoms with van der Waals surface area (Å²) in [5.74, 6) is 0.973. The molecule has 0 unspecified atom stereocenters. The van der Waals surface area contributed by atoms with E-state index in [2.05, 4.69) is 55.0 Å². The molecule has 1 aliphatic carbocycles. The zero-order chi connectivity index (χ0) is 22.2. The number of piperazine rings is 1. The summed E-state index contributed by atoms with van der Waals surface area (Å²) in [6, 6.07) is 8.50. The first-order valence-electron chi connectivity index (χ1n) is 12.5. The Morgan fingerprint density at radius 1 is 1.00 bits per heavy atom. The van der Waals surface area contributed by atoms with Gasteiger partial charge in [0.1, 0.15) is 0 Å². The Bertz CT molecular complexity index is 765. The normalized spacial score (nSPS) is 22.3. The summed E-state index contributed by atoms with van der Waals surface area (Å²) in [6.07, 6.45) is 10.7. The third-order valence-electron chi connectivity index (χ3n) is 7.42. The van der Waals surface area contributed by atoms with Crippen LogP contribution in [0, 0.1) is 0 Å². The van der Waals surface area contributed by atoms with Crippen molar-refractivity contribution in [3.8, 4) is 0 Å². The van der Waals surface area contributed by atoms with Crippen LogP contribution < -0.4 is 20.9 Å². The maximum Gasteiger partial charge on any atom is 0.239 e. The van der Waals surface area contributed by atoms with Crippen LogP contribution in [0.4, 0.5) is 5.69 Å².